The predicted octanol–water partition coefficient (Wildman–Crippen LogP) is 10.5. The molecular formula is C40H59NO3. The summed E-state index contributed by atoms with van der Waals surface area (Å²) in [5.74, 6) is 0.734. The molecular weight excluding hydrogens is 542 g/mol. The smallest absolute Gasteiger partial charge is 0.138 e. The van der Waals surface area contributed by atoms with E-state index >= 15 is 0 Å². The first-order chi connectivity index (χ1) is 19.7. The summed E-state index contributed by atoms with van der Waals surface area (Å²) in [7, 11) is 0. The van der Waals surface area contributed by atoms with E-state index in [0.29, 0.717) is 18.8 Å². The van der Waals surface area contributed by atoms with Crippen LogP contribution in [0.15, 0.2) is 42.5 Å². The molecule has 0 unspecified atom stereocenters. The lowest BCUT2D eigenvalue weighted by Crippen LogP contribution is -2.26. The molecule has 0 fully saturated rings. The minimum Gasteiger partial charge on any atom is -0.507 e. The van der Waals surface area contributed by atoms with E-state index in [1.165, 1.54) is 0 Å². The van der Waals surface area contributed by atoms with Gasteiger partial charge in [0, 0.05) is 24.2 Å². The molecule has 4 nitrogen and oxygen atoms in total. The van der Waals surface area contributed by atoms with Gasteiger partial charge in [0.1, 0.15) is 17.2 Å². The van der Waals surface area contributed by atoms with Crippen molar-refractivity contribution >= 4 is 5.69 Å². The summed E-state index contributed by atoms with van der Waals surface area (Å²) < 4.78 is 0. The first kappa shape index (κ1) is 35.3. The Morgan fingerprint density at radius 3 is 1.14 bits per heavy atom. The molecule has 0 aromatic heterocycles. The summed E-state index contributed by atoms with van der Waals surface area (Å²) in [5, 5.41) is 34.8. The number of nitrogens with zero attached hydrogens (tertiary/aromatic N) is 1. The lowest BCUT2D eigenvalue weighted by molar-refractivity contribution is 0.433. The van der Waals surface area contributed by atoms with E-state index in [9.17, 15) is 15.3 Å². The van der Waals surface area contributed by atoms with E-state index in [1.54, 1.807) is 6.07 Å². The third-order valence-electron chi connectivity index (χ3n) is 8.63. The molecule has 0 aliphatic rings. The van der Waals surface area contributed by atoms with Gasteiger partial charge in [-0.2, -0.15) is 0 Å². The fourth-order valence-corrected chi connectivity index (χ4v) is 5.52. The Balaban J connectivity index is 2.36. The van der Waals surface area contributed by atoms with Gasteiger partial charge in [0.2, 0.25) is 0 Å². The zero-order valence-electron chi connectivity index (χ0n) is 30.2. The number of phenolic OH excluding ortho intramolecular Hbond substituents is 3. The van der Waals surface area contributed by atoms with Crippen molar-refractivity contribution in [3.05, 3.63) is 81.4 Å². The van der Waals surface area contributed by atoms with Crippen molar-refractivity contribution in [3.8, 4) is 17.2 Å². The molecule has 0 heterocycles. The molecule has 0 aliphatic heterocycles. The topological polar surface area (TPSA) is 63.9 Å². The average molecular weight is 602 g/mol. The SMILES string of the molecule is CC(C)(C)c1ccc(O)c(N(Cc2cc(C(C)(C)C)cc(C(C)(C)C)c2O)Cc2cc(C(C)(C)C)cc(C(C)(C)C)c2O)c1. The Hall–Kier alpha value is -3.14. The normalized spacial score (nSPS) is 13.3. The maximum Gasteiger partial charge on any atom is 0.138 e. The van der Waals surface area contributed by atoms with Crippen molar-refractivity contribution in [2.45, 2.75) is 144 Å². The summed E-state index contributed by atoms with van der Waals surface area (Å²) in [6.45, 7) is 33.1. The van der Waals surface area contributed by atoms with Gasteiger partial charge in [-0.3, -0.25) is 0 Å². The van der Waals surface area contributed by atoms with Gasteiger partial charge in [-0.1, -0.05) is 122 Å². The van der Waals surface area contributed by atoms with Crippen molar-refractivity contribution < 1.29 is 15.3 Å². The van der Waals surface area contributed by atoms with Crippen LogP contribution in [-0.4, -0.2) is 15.3 Å². The zero-order valence-corrected chi connectivity index (χ0v) is 30.2. The van der Waals surface area contributed by atoms with Crippen molar-refractivity contribution in [2.24, 2.45) is 0 Å². The summed E-state index contributed by atoms with van der Waals surface area (Å²) in [6.07, 6.45) is 0. The quantitative estimate of drug-likeness (QED) is 0.272. The van der Waals surface area contributed by atoms with E-state index < -0.39 is 0 Å². The van der Waals surface area contributed by atoms with Crippen LogP contribution in [0.2, 0.25) is 0 Å². The van der Waals surface area contributed by atoms with Gasteiger partial charge < -0.3 is 20.2 Å². The molecule has 0 radical (unpaired) electrons. The second-order valence-electron chi connectivity index (χ2n) is 17.9. The molecule has 0 spiro atoms. The van der Waals surface area contributed by atoms with Crippen LogP contribution < -0.4 is 4.90 Å². The molecule has 0 amide bonds. The maximum absolute atomic E-state index is 11.7. The van der Waals surface area contributed by atoms with E-state index in [-0.39, 0.29) is 44.3 Å². The Kier molecular flexibility index (Phi) is 9.36. The van der Waals surface area contributed by atoms with Crippen molar-refractivity contribution in [2.75, 3.05) is 4.90 Å². The Bertz CT molecular complexity index is 1410. The van der Waals surface area contributed by atoms with E-state index in [4.69, 9.17) is 0 Å². The standard InChI is InChI=1S/C40H59NO3/c1-36(2,3)27-16-17-33(42)32(22-27)41(23-25-18-28(37(4,5)6)20-30(34(25)43)39(10,11)12)24-26-19-29(38(7,8)9)21-31(35(26)44)40(13,14)15/h16-22,42-44H,23-24H2,1-15H3. The Morgan fingerprint density at radius 2 is 0.818 bits per heavy atom. The van der Waals surface area contributed by atoms with Crippen LogP contribution >= 0.6 is 0 Å². The fourth-order valence-electron chi connectivity index (χ4n) is 5.52. The lowest BCUT2D eigenvalue weighted by atomic mass is 9.78. The van der Waals surface area contributed by atoms with Crippen molar-refractivity contribution in [1.82, 2.24) is 0 Å². The number of phenols is 3. The molecule has 3 aromatic carbocycles. The molecule has 3 rings (SSSR count). The molecule has 3 aromatic rings. The van der Waals surface area contributed by atoms with Crippen molar-refractivity contribution in [3.63, 3.8) is 0 Å². The molecule has 242 valence electrons. The lowest BCUT2D eigenvalue weighted by Gasteiger charge is -2.33. The van der Waals surface area contributed by atoms with Crippen LogP contribution in [0, 0.1) is 0 Å². The number of benzene rings is 3. The first-order valence-corrected chi connectivity index (χ1v) is 16.0. The largest absolute Gasteiger partial charge is 0.507 e. The number of hydrogen-bond acceptors (Lipinski definition) is 4. The van der Waals surface area contributed by atoms with Gasteiger partial charge >= 0.3 is 0 Å². The van der Waals surface area contributed by atoms with E-state index in [1.807, 2.05) is 6.07 Å². The molecule has 3 N–H and O–H groups in total. The monoisotopic (exact) mass is 601 g/mol. The van der Waals surface area contributed by atoms with Gasteiger partial charge in [0.25, 0.3) is 0 Å². The maximum atomic E-state index is 11.7. The van der Waals surface area contributed by atoms with Gasteiger partial charge in [0.05, 0.1) is 5.69 Å². The first-order valence-electron chi connectivity index (χ1n) is 16.0. The highest BCUT2D eigenvalue weighted by atomic mass is 16.3. The van der Waals surface area contributed by atoms with Gasteiger partial charge in [-0.25, -0.2) is 0 Å². The number of hydrogen-bond donors (Lipinski definition) is 3. The second kappa shape index (κ2) is 11.7. The Morgan fingerprint density at radius 1 is 0.455 bits per heavy atom. The molecule has 0 atom stereocenters. The number of anilines is 1. The summed E-state index contributed by atoms with van der Waals surface area (Å²) in [5.41, 5.74) is 6.57. The third kappa shape index (κ3) is 7.92. The molecule has 4 heteroatoms. The van der Waals surface area contributed by atoms with E-state index in [2.05, 4.69) is 139 Å². The molecule has 0 bridgehead atoms. The summed E-state index contributed by atoms with van der Waals surface area (Å²) in [4.78, 5) is 2.10. The highest BCUT2D eigenvalue weighted by Crippen LogP contribution is 2.43. The summed E-state index contributed by atoms with van der Waals surface area (Å²) >= 11 is 0. The van der Waals surface area contributed by atoms with Crippen LogP contribution in [0.25, 0.3) is 0 Å². The highest BCUT2D eigenvalue weighted by molar-refractivity contribution is 5.63. The fraction of sp³-hybridized carbons (Fsp3) is 0.550. The zero-order chi connectivity index (χ0) is 33.8. The third-order valence-corrected chi connectivity index (χ3v) is 8.63. The van der Waals surface area contributed by atoms with Gasteiger partial charge in [0.15, 0.2) is 0 Å². The molecule has 0 saturated heterocycles. The minimum atomic E-state index is -0.264. The molecule has 0 aliphatic carbocycles. The predicted molar refractivity (Wildman–Crippen MR) is 188 cm³/mol. The van der Waals surface area contributed by atoms with Crippen LogP contribution in [-0.2, 0) is 40.2 Å². The average Bonchev–Trinajstić information content (AvgIpc) is 2.82. The van der Waals surface area contributed by atoms with Crippen LogP contribution in [0.1, 0.15) is 143 Å². The van der Waals surface area contributed by atoms with Crippen LogP contribution in [0.4, 0.5) is 5.69 Å². The number of rotatable bonds is 5. The number of aromatic hydroxyl groups is 3. The highest BCUT2D eigenvalue weighted by Gasteiger charge is 2.29. The molecule has 44 heavy (non-hydrogen) atoms. The van der Waals surface area contributed by atoms with Gasteiger partial charge in [-0.05, 0) is 79.2 Å². The van der Waals surface area contributed by atoms with Gasteiger partial charge in [-0.15, -0.1) is 0 Å². The van der Waals surface area contributed by atoms with E-state index in [0.717, 1.165) is 38.9 Å². The van der Waals surface area contributed by atoms with Crippen LogP contribution in [0.5, 0.6) is 17.2 Å². The summed E-state index contributed by atoms with van der Waals surface area (Å²) in [6, 6.07) is 14.3. The van der Waals surface area contributed by atoms with Crippen LogP contribution in [0.3, 0.4) is 0 Å². The Labute approximate surface area is 268 Å². The minimum absolute atomic E-state index is 0.123. The van der Waals surface area contributed by atoms with Crippen molar-refractivity contribution in [1.29, 1.82) is 0 Å². The molecule has 0 saturated carbocycles. The second-order valence-corrected chi connectivity index (χ2v) is 17.9.